The van der Waals surface area contributed by atoms with Gasteiger partial charge in [-0.3, -0.25) is 14.4 Å². The Morgan fingerprint density at radius 1 is 0.975 bits per heavy atom. The number of anilines is 2. The largest absolute Gasteiger partial charge is 0.481 e. The van der Waals surface area contributed by atoms with Crippen molar-refractivity contribution >= 4 is 34.9 Å². The van der Waals surface area contributed by atoms with Gasteiger partial charge in [-0.2, -0.15) is 10.1 Å². The number of amidine groups is 1. The third kappa shape index (κ3) is 7.79. The lowest BCUT2D eigenvalue weighted by Gasteiger charge is -2.20. The highest BCUT2D eigenvalue weighted by Gasteiger charge is 2.27. The van der Waals surface area contributed by atoms with E-state index in [9.17, 15) is 14.4 Å². The van der Waals surface area contributed by atoms with Crippen LogP contribution < -0.4 is 20.4 Å². The molecule has 0 saturated heterocycles. The third-order valence-corrected chi connectivity index (χ3v) is 6.21. The molecule has 208 valence electrons. The second-order valence-electron chi connectivity index (χ2n) is 11.1. The summed E-state index contributed by atoms with van der Waals surface area (Å²) in [6, 6.07) is 23.5. The first-order chi connectivity index (χ1) is 19.1. The average molecular weight is 541 g/mol. The summed E-state index contributed by atoms with van der Waals surface area (Å²) in [5, 5.41) is 11.1. The summed E-state index contributed by atoms with van der Waals surface area (Å²) in [6.45, 7) is 8.58. The van der Waals surface area contributed by atoms with Crippen molar-refractivity contribution in [3.05, 3.63) is 90.0 Å². The molecule has 0 radical (unpaired) electrons. The Kier molecular flexibility index (Phi) is 8.99. The van der Waals surface area contributed by atoms with Crippen molar-refractivity contribution in [2.45, 2.75) is 59.5 Å². The normalized spacial score (nSPS) is 13.9. The number of hydrazone groups is 1. The van der Waals surface area contributed by atoms with Gasteiger partial charge in [-0.15, -0.1) is 0 Å². The summed E-state index contributed by atoms with van der Waals surface area (Å²) < 4.78 is 6.05. The number of nitrogens with zero attached hydrogens (tertiary/aromatic N) is 2. The van der Waals surface area contributed by atoms with Gasteiger partial charge in [0.15, 0.2) is 6.10 Å². The van der Waals surface area contributed by atoms with Crippen LogP contribution in [-0.4, -0.2) is 29.7 Å². The maximum absolute atomic E-state index is 13.1. The number of amides is 3. The van der Waals surface area contributed by atoms with Gasteiger partial charge in [0, 0.05) is 11.3 Å². The van der Waals surface area contributed by atoms with E-state index in [1.807, 2.05) is 49.4 Å². The Labute approximate surface area is 235 Å². The maximum Gasteiger partial charge on any atom is 0.265 e. The average Bonchev–Trinajstić information content (AvgIpc) is 3.29. The lowest BCUT2D eigenvalue weighted by molar-refractivity contribution is -0.123. The van der Waals surface area contributed by atoms with E-state index in [4.69, 9.17) is 4.74 Å². The Hall–Kier alpha value is -4.46. The van der Waals surface area contributed by atoms with Gasteiger partial charge < -0.3 is 15.4 Å². The fourth-order valence-electron chi connectivity index (χ4n) is 4.40. The molecule has 1 unspecified atom stereocenters. The standard InChI is InChI=1S/C32H36N4O4/c1-5-10-27(40-26-17-15-22(16-18-26)21-32(2,3)4)31(39)33-24-12-9-11-23(19-24)30(38)34-28-20-29(37)36(35-28)25-13-7-6-8-14-25/h6-9,11-19,27H,5,10,20-21H2,1-4H3,(H,33,39)(H,34,35,38). The van der Waals surface area contributed by atoms with Crippen LogP contribution in [0.2, 0.25) is 0 Å². The van der Waals surface area contributed by atoms with E-state index in [0.29, 0.717) is 29.1 Å². The number of carbonyl (C=O) groups excluding carboxylic acids is 3. The number of carbonyl (C=O) groups is 3. The number of rotatable bonds is 9. The minimum atomic E-state index is -0.682. The summed E-state index contributed by atoms with van der Waals surface area (Å²) in [4.78, 5) is 38.4. The second-order valence-corrected chi connectivity index (χ2v) is 11.1. The molecule has 8 heteroatoms. The van der Waals surface area contributed by atoms with Crippen LogP contribution in [-0.2, 0) is 16.0 Å². The monoisotopic (exact) mass is 540 g/mol. The van der Waals surface area contributed by atoms with Gasteiger partial charge in [-0.05, 0) is 66.3 Å². The molecule has 1 aliphatic rings. The van der Waals surface area contributed by atoms with Crippen molar-refractivity contribution in [2.75, 3.05) is 10.3 Å². The molecule has 1 heterocycles. The van der Waals surface area contributed by atoms with Crippen molar-refractivity contribution in [1.82, 2.24) is 5.32 Å². The van der Waals surface area contributed by atoms with E-state index in [0.717, 1.165) is 12.8 Å². The third-order valence-electron chi connectivity index (χ3n) is 6.21. The van der Waals surface area contributed by atoms with Crippen molar-refractivity contribution in [3.63, 3.8) is 0 Å². The maximum atomic E-state index is 13.1. The molecule has 0 aliphatic carbocycles. The topological polar surface area (TPSA) is 100 Å². The Morgan fingerprint density at radius 2 is 1.70 bits per heavy atom. The van der Waals surface area contributed by atoms with Gasteiger partial charge in [-0.25, -0.2) is 0 Å². The molecule has 0 bridgehead atoms. The van der Waals surface area contributed by atoms with Crippen molar-refractivity contribution in [1.29, 1.82) is 0 Å². The van der Waals surface area contributed by atoms with Crippen LogP contribution >= 0.6 is 0 Å². The van der Waals surface area contributed by atoms with Crippen LogP contribution in [0, 0.1) is 5.41 Å². The molecular formula is C32H36N4O4. The van der Waals surface area contributed by atoms with Crippen LogP contribution in [0.25, 0.3) is 0 Å². The first-order valence-corrected chi connectivity index (χ1v) is 13.5. The van der Waals surface area contributed by atoms with E-state index < -0.39 is 12.0 Å². The van der Waals surface area contributed by atoms with Gasteiger partial charge in [-0.1, -0.05) is 70.5 Å². The number of benzene rings is 3. The molecule has 4 rings (SSSR count). The molecule has 0 fully saturated rings. The van der Waals surface area contributed by atoms with E-state index in [2.05, 4.69) is 36.5 Å². The number of ether oxygens (including phenoxy) is 1. The molecule has 1 aliphatic heterocycles. The van der Waals surface area contributed by atoms with Gasteiger partial charge >= 0.3 is 0 Å². The predicted octanol–water partition coefficient (Wildman–Crippen LogP) is 5.94. The zero-order chi connectivity index (χ0) is 28.7. The number of hydrogen-bond acceptors (Lipinski definition) is 5. The molecule has 0 saturated carbocycles. The molecule has 0 aromatic heterocycles. The molecule has 0 spiro atoms. The number of para-hydroxylation sites is 1. The minimum Gasteiger partial charge on any atom is -0.481 e. The van der Waals surface area contributed by atoms with E-state index in [-0.39, 0.29) is 29.5 Å². The molecule has 3 aromatic carbocycles. The van der Waals surface area contributed by atoms with Gasteiger partial charge in [0.1, 0.15) is 11.6 Å². The van der Waals surface area contributed by atoms with Crippen LogP contribution in [0.15, 0.2) is 84.0 Å². The fourth-order valence-corrected chi connectivity index (χ4v) is 4.40. The number of nitrogens with one attached hydrogen (secondary N) is 2. The summed E-state index contributed by atoms with van der Waals surface area (Å²) >= 11 is 0. The summed E-state index contributed by atoms with van der Waals surface area (Å²) in [7, 11) is 0. The summed E-state index contributed by atoms with van der Waals surface area (Å²) in [5.74, 6) is -0.0425. The molecule has 3 amide bonds. The highest BCUT2D eigenvalue weighted by molar-refractivity contribution is 6.18. The summed E-state index contributed by atoms with van der Waals surface area (Å²) in [6.07, 6.45) is 1.57. The second kappa shape index (κ2) is 12.6. The van der Waals surface area contributed by atoms with Crippen LogP contribution in [0.4, 0.5) is 11.4 Å². The van der Waals surface area contributed by atoms with E-state index >= 15 is 0 Å². The first kappa shape index (κ1) is 28.5. The zero-order valence-corrected chi connectivity index (χ0v) is 23.4. The van der Waals surface area contributed by atoms with Crippen molar-refractivity contribution in [2.24, 2.45) is 10.5 Å². The molecule has 1 atom stereocenters. The van der Waals surface area contributed by atoms with Crippen LogP contribution in [0.1, 0.15) is 62.9 Å². The Bertz CT molecular complexity index is 1380. The van der Waals surface area contributed by atoms with Gasteiger partial charge in [0.2, 0.25) is 0 Å². The van der Waals surface area contributed by atoms with E-state index in [1.165, 1.54) is 10.6 Å². The molecule has 40 heavy (non-hydrogen) atoms. The van der Waals surface area contributed by atoms with Gasteiger partial charge in [0.05, 0.1) is 12.1 Å². The zero-order valence-electron chi connectivity index (χ0n) is 23.4. The Balaban J connectivity index is 1.39. The molecule has 3 aromatic rings. The SMILES string of the molecule is CCCC(Oc1ccc(CC(C)(C)C)cc1)C(=O)Nc1cccc(C(=O)NC2=NN(c3ccccc3)C(=O)C2)c1. The highest BCUT2D eigenvalue weighted by atomic mass is 16.5. The highest BCUT2D eigenvalue weighted by Crippen LogP contribution is 2.24. The van der Waals surface area contributed by atoms with Crippen LogP contribution in [0.5, 0.6) is 5.75 Å². The quantitative estimate of drug-likeness (QED) is 0.351. The predicted molar refractivity (Wildman–Crippen MR) is 157 cm³/mol. The summed E-state index contributed by atoms with van der Waals surface area (Å²) in [5.41, 5.74) is 2.83. The first-order valence-electron chi connectivity index (χ1n) is 13.5. The lowest BCUT2D eigenvalue weighted by Crippen LogP contribution is -2.33. The van der Waals surface area contributed by atoms with Crippen LogP contribution in [0.3, 0.4) is 0 Å². The number of hydrogen-bond donors (Lipinski definition) is 2. The smallest absolute Gasteiger partial charge is 0.265 e. The molecular weight excluding hydrogens is 504 g/mol. The Morgan fingerprint density at radius 3 is 2.38 bits per heavy atom. The fraction of sp³-hybridized carbons (Fsp3) is 0.312. The lowest BCUT2D eigenvalue weighted by atomic mass is 9.88. The van der Waals surface area contributed by atoms with E-state index in [1.54, 1.807) is 36.4 Å². The molecule has 2 N–H and O–H groups in total. The minimum absolute atomic E-state index is 0.00964. The molecule has 8 nitrogen and oxygen atoms in total. The van der Waals surface area contributed by atoms with Gasteiger partial charge in [0.25, 0.3) is 17.7 Å². The van der Waals surface area contributed by atoms with Crippen molar-refractivity contribution < 1.29 is 19.1 Å². The van der Waals surface area contributed by atoms with Crippen molar-refractivity contribution in [3.8, 4) is 5.75 Å².